The van der Waals surface area contributed by atoms with Crippen molar-refractivity contribution in [2.45, 2.75) is 20.4 Å². The van der Waals surface area contributed by atoms with Gasteiger partial charge in [0.1, 0.15) is 17.5 Å². The Balaban J connectivity index is 2.85. The molecule has 0 radical (unpaired) electrons. The summed E-state index contributed by atoms with van der Waals surface area (Å²) in [6, 6.07) is 3.34. The molecule has 0 heterocycles. The minimum absolute atomic E-state index is 0.107. The molecular formula is C13H16ClF2NO. The summed E-state index contributed by atoms with van der Waals surface area (Å²) in [5.41, 5.74) is 0.288. The number of hydrogen-bond donors (Lipinski definition) is 0. The second-order valence-corrected chi connectivity index (χ2v) is 4.80. The molecule has 18 heavy (non-hydrogen) atoms. The SMILES string of the molecule is CC(C)CN(Cc1ccc(F)cc1F)C(=O)CCl. The number of carbonyl (C=O) groups excluding carboxylic acids is 1. The highest BCUT2D eigenvalue weighted by atomic mass is 35.5. The number of alkyl halides is 1. The average Bonchev–Trinajstić information content (AvgIpc) is 2.30. The van der Waals surface area contributed by atoms with Gasteiger partial charge < -0.3 is 4.90 Å². The molecule has 0 spiro atoms. The summed E-state index contributed by atoms with van der Waals surface area (Å²) in [5, 5.41) is 0. The third-order valence-corrected chi connectivity index (χ3v) is 2.66. The third kappa shape index (κ3) is 4.26. The smallest absolute Gasteiger partial charge is 0.237 e. The van der Waals surface area contributed by atoms with E-state index in [4.69, 9.17) is 11.6 Å². The predicted molar refractivity (Wildman–Crippen MR) is 67.3 cm³/mol. The van der Waals surface area contributed by atoms with E-state index in [1.165, 1.54) is 17.0 Å². The summed E-state index contributed by atoms with van der Waals surface area (Å²) in [7, 11) is 0. The molecular weight excluding hydrogens is 260 g/mol. The van der Waals surface area contributed by atoms with E-state index in [1.807, 2.05) is 13.8 Å². The molecule has 0 saturated heterocycles. The second kappa shape index (κ2) is 6.69. The lowest BCUT2D eigenvalue weighted by Gasteiger charge is -2.24. The zero-order valence-electron chi connectivity index (χ0n) is 10.4. The number of nitrogens with zero attached hydrogens (tertiary/aromatic N) is 1. The molecule has 0 N–H and O–H groups in total. The molecule has 100 valence electrons. The van der Waals surface area contributed by atoms with Gasteiger partial charge in [0, 0.05) is 24.7 Å². The molecule has 1 amide bonds. The number of hydrogen-bond acceptors (Lipinski definition) is 1. The molecule has 1 aromatic carbocycles. The second-order valence-electron chi connectivity index (χ2n) is 4.54. The number of amides is 1. The Morgan fingerprint density at radius 1 is 1.39 bits per heavy atom. The number of rotatable bonds is 5. The molecule has 1 aromatic rings. The molecule has 5 heteroatoms. The molecule has 0 atom stereocenters. The minimum atomic E-state index is -0.647. The van der Waals surface area contributed by atoms with Crippen LogP contribution in [0, 0.1) is 17.6 Å². The van der Waals surface area contributed by atoms with Crippen molar-refractivity contribution in [2.24, 2.45) is 5.92 Å². The van der Waals surface area contributed by atoms with E-state index < -0.39 is 11.6 Å². The maximum absolute atomic E-state index is 13.5. The van der Waals surface area contributed by atoms with Crippen LogP contribution in [0.5, 0.6) is 0 Å². The first-order chi connectivity index (χ1) is 8.43. The van der Waals surface area contributed by atoms with Gasteiger partial charge in [0.05, 0.1) is 0 Å². The Kier molecular flexibility index (Phi) is 5.54. The van der Waals surface area contributed by atoms with Gasteiger partial charge in [-0.05, 0) is 12.0 Å². The zero-order valence-corrected chi connectivity index (χ0v) is 11.2. The largest absolute Gasteiger partial charge is 0.337 e. The zero-order chi connectivity index (χ0) is 13.7. The Morgan fingerprint density at radius 3 is 2.56 bits per heavy atom. The Morgan fingerprint density at radius 2 is 2.06 bits per heavy atom. The van der Waals surface area contributed by atoms with E-state index >= 15 is 0 Å². The van der Waals surface area contributed by atoms with Crippen LogP contribution in [0.3, 0.4) is 0 Å². The van der Waals surface area contributed by atoms with Crippen LogP contribution in [0.25, 0.3) is 0 Å². The lowest BCUT2D eigenvalue weighted by Crippen LogP contribution is -2.34. The van der Waals surface area contributed by atoms with Crippen molar-refractivity contribution < 1.29 is 13.6 Å². The first kappa shape index (κ1) is 14.9. The highest BCUT2D eigenvalue weighted by molar-refractivity contribution is 6.27. The van der Waals surface area contributed by atoms with Gasteiger partial charge in [-0.3, -0.25) is 4.79 Å². The first-order valence-electron chi connectivity index (χ1n) is 5.71. The van der Waals surface area contributed by atoms with Crippen LogP contribution in [-0.4, -0.2) is 23.2 Å². The number of halogens is 3. The van der Waals surface area contributed by atoms with Crippen LogP contribution >= 0.6 is 11.6 Å². The van der Waals surface area contributed by atoms with Gasteiger partial charge in [0.2, 0.25) is 5.91 Å². The van der Waals surface area contributed by atoms with Crippen LogP contribution in [0.1, 0.15) is 19.4 Å². The fourth-order valence-corrected chi connectivity index (χ4v) is 1.80. The van der Waals surface area contributed by atoms with Crippen molar-refractivity contribution in [3.63, 3.8) is 0 Å². The number of carbonyl (C=O) groups is 1. The summed E-state index contributed by atoms with van der Waals surface area (Å²) in [6.45, 7) is 4.50. The molecule has 0 aromatic heterocycles. The molecule has 0 fully saturated rings. The maximum atomic E-state index is 13.5. The molecule has 0 bridgehead atoms. The van der Waals surface area contributed by atoms with Crippen molar-refractivity contribution >= 4 is 17.5 Å². The monoisotopic (exact) mass is 275 g/mol. The maximum Gasteiger partial charge on any atom is 0.237 e. The third-order valence-electron chi connectivity index (χ3n) is 2.43. The van der Waals surface area contributed by atoms with Crippen LogP contribution < -0.4 is 0 Å². The molecule has 0 unspecified atom stereocenters. The van der Waals surface area contributed by atoms with E-state index in [0.717, 1.165) is 6.07 Å². The van der Waals surface area contributed by atoms with Crippen molar-refractivity contribution in [2.75, 3.05) is 12.4 Å². The average molecular weight is 276 g/mol. The van der Waals surface area contributed by atoms with Crippen LogP contribution in [0.4, 0.5) is 8.78 Å². The predicted octanol–water partition coefficient (Wildman–Crippen LogP) is 3.19. The molecule has 2 nitrogen and oxygen atoms in total. The van der Waals surface area contributed by atoms with E-state index in [1.54, 1.807) is 0 Å². The van der Waals surface area contributed by atoms with Gasteiger partial charge in [-0.2, -0.15) is 0 Å². The molecule has 0 aliphatic carbocycles. The van der Waals surface area contributed by atoms with Crippen LogP contribution in [0.2, 0.25) is 0 Å². The van der Waals surface area contributed by atoms with Gasteiger partial charge in [-0.15, -0.1) is 11.6 Å². The Bertz CT molecular complexity index is 423. The molecule has 0 saturated carbocycles. The molecule has 1 rings (SSSR count). The van der Waals surface area contributed by atoms with Crippen molar-refractivity contribution in [3.05, 3.63) is 35.4 Å². The van der Waals surface area contributed by atoms with Crippen molar-refractivity contribution in [1.82, 2.24) is 4.90 Å². The van der Waals surface area contributed by atoms with Gasteiger partial charge in [-0.1, -0.05) is 19.9 Å². The topological polar surface area (TPSA) is 20.3 Å². The van der Waals surface area contributed by atoms with E-state index in [-0.39, 0.29) is 29.8 Å². The van der Waals surface area contributed by atoms with E-state index in [0.29, 0.717) is 6.54 Å². The lowest BCUT2D eigenvalue weighted by atomic mass is 10.1. The fraction of sp³-hybridized carbons (Fsp3) is 0.462. The van der Waals surface area contributed by atoms with E-state index in [9.17, 15) is 13.6 Å². The number of benzene rings is 1. The van der Waals surface area contributed by atoms with Crippen LogP contribution in [0.15, 0.2) is 18.2 Å². The minimum Gasteiger partial charge on any atom is -0.337 e. The van der Waals surface area contributed by atoms with E-state index in [2.05, 4.69) is 0 Å². The standard InChI is InChI=1S/C13H16ClF2NO/c1-9(2)7-17(13(18)6-14)8-10-3-4-11(15)5-12(10)16/h3-5,9H,6-8H2,1-2H3. The van der Waals surface area contributed by atoms with Gasteiger partial charge >= 0.3 is 0 Å². The van der Waals surface area contributed by atoms with Gasteiger partial charge in [-0.25, -0.2) is 8.78 Å². The summed E-state index contributed by atoms with van der Waals surface area (Å²) in [6.07, 6.45) is 0. The summed E-state index contributed by atoms with van der Waals surface area (Å²) in [5.74, 6) is -1.42. The summed E-state index contributed by atoms with van der Waals surface area (Å²) < 4.78 is 26.3. The summed E-state index contributed by atoms with van der Waals surface area (Å²) >= 11 is 5.52. The first-order valence-corrected chi connectivity index (χ1v) is 6.25. The highest BCUT2D eigenvalue weighted by Gasteiger charge is 2.16. The van der Waals surface area contributed by atoms with Crippen molar-refractivity contribution in [1.29, 1.82) is 0 Å². The molecule has 0 aliphatic rings. The van der Waals surface area contributed by atoms with Gasteiger partial charge in [0.25, 0.3) is 0 Å². The van der Waals surface area contributed by atoms with Crippen molar-refractivity contribution in [3.8, 4) is 0 Å². The van der Waals surface area contributed by atoms with Gasteiger partial charge in [0.15, 0.2) is 0 Å². The Hall–Kier alpha value is -1.16. The highest BCUT2D eigenvalue weighted by Crippen LogP contribution is 2.14. The quantitative estimate of drug-likeness (QED) is 0.756. The lowest BCUT2D eigenvalue weighted by molar-refractivity contribution is -0.129. The van der Waals surface area contributed by atoms with Crippen LogP contribution in [-0.2, 0) is 11.3 Å². The molecule has 0 aliphatic heterocycles. The Labute approximate surface area is 111 Å². The normalized spacial score (nSPS) is 10.8. The fourth-order valence-electron chi connectivity index (χ4n) is 1.64. The summed E-state index contributed by atoms with van der Waals surface area (Å²) in [4.78, 5) is 13.1.